The van der Waals surface area contributed by atoms with Gasteiger partial charge in [-0.2, -0.15) is 0 Å². The van der Waals surface area contributed by atoms with Crippen molar-refractivity contribution >= 4 is 0 Å². The van der Waals surface area contributed by atoms with Gasteiger partial charge in [0.1, 0.15) is 0 Å². The van der Waals surface area contributed by atoms with E-state index in [0.717, 1.165) is 0 Å². The summed E-state index contributed by atoms with van der Waals surface area (Å²) in [5, 5.41) is 0. The summed E-state index contributed by atoms with van der Waals surface area (Å²) in [6, 6.07) is 0. The molecular formula is C2H5LiO. The minimum absolute atomic E-state index is 0. The molecule has 0 fully saturated rings. The Morgan fingerprint density at radius 1 is 1.75 bits per heavy atom. The third-order valence-corrected chi connectivity index (χ3v) is 0. The van der Waals surface area contributed by atoms with E-state index in [1.54, 1.807) is 0 Å². The van der Waals surface area contributed by atoms with Crippen molar-refractivity contribution in [3.63, 3.8) is 0 Å². The minimum atomic E-state index is 0. The molecule has 0 atom stereocenters. The zero-order chi connectivity index (χ0) is 2.71. The second-order valence-electron chi connectivity index (χ2n) is 0.289. The summed E-state index contributed by atoms with van der Waals surface area (Å²) in [5.74, 6) is 0. The zero-order valence-electron chi connectivity index (χ0n) is 3.12. The Kier molecular flexibility index (Phi) is 21.1. The van der Waals surface area contributed by atoms with Gasteiger partial charge >= 0.3 is 18.9 Å². The predicted octanol–water partition coefficient (Wildman–Crippen LogP) is -2.57. The maximum Gasteiger partial charge on any atom is 1.00 e. The number of rotatable bonds is 0. The smallest absolute Gasteiger partial charge is 0.557 e. The van der Waals surface area contributed by atoms with Crippen molar-refractivity contribution < 1.29 is 23.6 Å². The van der Waals surface area contributed by atoms with Gasteiger partial charge in [0.15, 0.2) is 0 Å². The van der Waals surface area contributed by atoms with E-state index in [1.165, 1.54) is 7.11 Å². The average Bonchev–Trinajstić information content (AvgIpc) is 0.918. The van der Waals surface area contributed by atoms with Gasteiger partial charge in [-0.3, -0.25) is 0 Å². The van der Waals surface area contributed by atoms with E-state index in [1.807, 2.05) is 0 Å². The molecule has 4 heavy (non-hydrogen) atoms. The van der Waals surface area contributed by atoms with Gasteiger partial charge in [0.2, 0.25) is 0 Å². The van der Waals surface area contributed by atoms with Crippen LogP contribution in [-0.2, 0) is 4.74 Å². The van der Waals surface area contributed by atoms with E-state index < -0.39 is 0 Å². The molecule has 0 radical (unpaired) electrons. The average molecular weight is 52.0 g/mol. The van der Waals surface area contributed by atoms with Gasteiger partial charge in [-0.25, -0.2) is 7.11 Å². The molecule has 0 rings (SSSR count). The Morgan fingerprint density at radius 3 is 1.75 bits per heavy atom. The van der Waals surface area contributed by atoms with Gasteiger partial charge in [0.05, 0.1) is 0 Å². The van der Waals surface area contributed by atoms with Crippen LogP contribution < -0.4 is 18.9 Å². The van der Waals surface area contributed by atoms with Crippen LogP contribution in [0.15, 0.2) is 0 Å². The first kappa shape index (κ1) is 8.82. The van der Waals surface area contributed by atoms with Crippen LogP contribution in [0.3, 0.4) is 0 Å². The van der Waals surface area contributed by atoms with E-state index in [-0.39, 0.29) is 18.9 Å². The fraction of sp³-hybridized carbons (Fsp3) is 0.500. The molecule has 1 nitrogen and oxygen atoms in total. The SMILES string of the molecule is [CH2-]OC.[Li+]. The summed E-state index contributed by atoms with van der Waals surface area (Å²) in [6.07, 6.45) is 0. The van der Waals surface area contributed by atoms with Crippen LogP contribution in [0.5, 0.6) is 0 Å². The van der Waals surface area contributed by atoms with Crippen molar-refractivity contribution in [2.45, 2.75) is 0 Å². The molecule has 0 saturated heterocycles. The monoisotopic (exact) mass is 52.1 g/mol. The van der Waals surface area contributed by atoms with Crippen molar-refractivity contribution in [2.75, 3.05) is 7.11 Å². The van der Waals surface area contributed by atoms with Gasteiger partial charge < -0.3 is 4.74 Å². The largest absolute Gasteiger partial charge is 1.00 e. The molecule has 0 aliphatic carbocycles. The molecule has 0 unspecified atom stereocenters. The van der Waals surface area contributed by atoms with Crippen LogP contribution >= 0.6 is 0 Å². The molecule has 2 heteroatoms. The van der Waals surface area contributed by atoms with E-state index in [9.17, 15) is 0 Å². The Bertz CT molecular complexity index is 6.00. The number of methoxy groups -OCH3 is 1. The van der Waals surface area contributed by atoms with Gasteiger partial charge in [-0.1, -0.05) is 0 Å². The van der Waals surface area contributed by atoms with Crippen molar-refractivity contribution in [1.82, 2.24) is 0 Å². The third-order valence-electron chi connectivity index (χ3n) is 0. The fourth-order valence-corrected chi connectivity index (χ4v) is 0. The third kappa shape index (κ3) is 20.0. The standard InChI is InChI=1S/C2H5O.Li/c1-3-2;/h1H2,2H3;/q-1;+1. The van der Waals surface area contributed by atoms with E-state index in [0.29, 0.717) is 0 Å². The number of hydrogen-bond acceptors (Lipinski definition) is 1. The van der Waals surface area contributed by atoms with Gasteiger partial charge in [0, 0.05) is 0 Å². The molecule has 0 N–H and O–H groups in total. The maximum atomic E-state index is 4.00. The second kappa shape index (κ2) is 9.59. The maximum absolute atomic E-state index is 4.00. The molecule has 0 aromatic heterocycles. The molecule has 0 aliphatic heterocycles. The molecule has 0 bridgehead atoms. The molecule has 0 amide bonds. The quantitative estimate of drug-likeness (QED) is 0.217. The molecule has 0 aromatic rings. The van der Waals surface area contributed by atoms with Crippen LogP contribution in [-0.4, -0.2) is 7.11 Å². The first-order chi connectivity index (χ1) is 1.41. The van der Waals surface area contributed by atoms with Gasteiger partial charge in [-0.15, -0.1) is 0 Å². The molecule has 0 aliphatic rings. The molecule has 0 aromatic carbocycles. The summed E-state index contributed by atoms with van der Waals surface area (Å²) in [4.78, 5) is 0. The summed E-state index contributed by atoms with van der Waals surface area (Å²) in [7, 11) is 4.50. The van der Waals surface area contributed by atoms with Gasteiger partial charge in [-0.05, 0) is 7.11 Å². The molecular weight excluding hydrogens is 47.0 g/mol. The number of ether oxygens (including phenoxy) is 1. The first-order valence-corrected chi connectivity index (χ1v) is 0.697. The van der Waals surface area contributed by atoms with Crippen LogP contribution in [0.1, 0.15) is 0 Å². The van der Waals surface area contributed by atoms with Crippen molar-refractivity contribution in [1.29, 1.82) is 0 Å². The Labute approximate surface area is 38.5 Å². The van der Waals surface area contributed by atoms with E-state index in [2.05, 4.69) is 11.8 Å². The topological polar surface area (TPSA) is 9.23 Å². The first-order valence-electron chi connectivity index (χ1n) is 0.697. The summed E-state index contributed by atoms with van der Waals surface area (Å²) in [6.45, 7) is 0. The Balaban J connectivity index is 0. The molecule has 0 saturated carbocycles. The van der Waals surface area contributed by atoms with Crippen LogP contribution in [0, 0.1) is 7.11 Å². The van der Waals surface area contributed by atoms with Gasteiger partial charge in [0.25, 0.3) is 0 Å². The second-order valence-corrected chi connectivity index (χ2v) is 0.289. The normalized spacial score (nSPS) is 4.50. The molecule has 20 valence electrons. The van der Waals surface area contributed by atoms with Crippen LogP contribution in [0.4, 0.5) is 0 Å². The van der Waals surface area contributed by atoms with Crippen molar-refractivity contribution in [3.05, 3.63) is 7.11 Å². The number of hydrogen-bond donors (Lipinski definition) is 0. The molecule has 0 heterocycles. The van der Waals surface area contributed by atoms with E-state index in [4.69, 9.17) is 0 Å². The fourth-order valence-electron chi connectivity index (χ4n) is 0. The Hall–Kier alpha value is 0.557. The summed E-state index contributed by atoms with van der Waals surface area (Å²) >= 11 is 0. The van der Waals surface area contributed by atoms with Crippen molar-refractivity contribution in [2.24, 2.45) is 0 Å². The minimum Gasteiger partial charge on any atom is -0.557 e. The van der Waals surface area contributed by atoms with E-state index >= 15 is 0 Å². The summed E-state index contributed by atoms with van der Waals surface area (Å²) < 4.78 is 4.00. The summed E-state index contributed by atoms with van der Waals surface area (Å²) in [5.41, 5.74) is 0. The Morgan fingerprint density at radius 2 is 1.75 bits per heavy atom. The predicted molar refractivity (Wildman–Crippen MR) is 12.4 cm³/mol. The van der Waals surface area contributed by atoms with Crippen LogP contribution in [0.2, 0.25) is 0 Å². The molecule has 0 spiro atoms. The van der Waals surface area contributed by atoms with Crippen LogP contribution in [0.25, 0.3) is 0 Å². The zero-order valence-corrected chi connectivity index (χ0v) is 3.12. The van der Waals surface area contributed by atoms with Crippen molar-refractivity contribution in [3.8, 4) is 0 Å².